The van der Waals surface area contributed by atoms with Gasteiger partial charge < -0.3 is 15.0 Å². The van der Waals surface area contributed by atoms with Gasteiger partial charge in [-0.25, -0.2) is 4.98 Å². The lowest BCUT2D eigenvalue weighted by Gasteiger charge is -2.30. The zero-order valence-electron chi connectivity index (χ0n) is 10.8. The Labute approximate surface area is 107 Å². The Bertz CT molecular complexity index is 546. The highest BCUT2D eigenvalue weighted by molar-refractivity contribution is 5.64. The van der Waals surface area contributed by atoms with Gasteiger partial charge in [-0.2, -0.15) is 0 Å². The van der Waals surface area contributed by atoms with E-state index in [9.17, 15) is 0 Å². The summed E-state index contributed by atoms with van der Waals surface area (Å²) < 4.78 is 2.04. The van der Waals surface area contributed by atoms with Gasteiger partial charge >= 0.3 is 0 Å². The van der Waals surface area contributed by atoms with Crippen LogP contribution in [0, 0.1) is 0 Å². The van der Waals surface area contributed by atoms with Gasteiger partial charge in [0.05, 0.1) is 11.4 Å². The molecule has 3 heterocycles. The van der Waals surface area contributed by atoms with Crippen molar-refractivity contribution in [1.29, 1.82) is 0 Å². The van der Waals surface area contributed by atoms with Crippen molar-refractivity contribution in [1.82, 2.24) is 14.3 Å². The van der Waals surface area contributed by atoms with Crippen LogP contribution in [0.3, 0.4) is 0 Å². The fourth-order valence-electron chi connectivity index (χ4n) is 2.83. The van der Waals surface area contributed by atoms with E-state index in [1.54, 1.807) is 0 Å². The second-order valence-corrected chi connectivity index (χ2v) is 5.09. The van der Waals surface area contributed by atoms with Crippen LogP contribution in [0.25, 0.3) is 5.65 Å². The average Bonchev–Trinajstić information content (AvgIpc) is 2.84. The molecule has 2 N–H and O–H groups in total. The number of rotatable bonds is 2. The highest BCUT2D eigenvalue weighted by Crippen LogP contribution is 2.27. The van der Waals surface area contributed by atoms with Crippen LogP contribution in [-0.2, 0) is 0 Å². The van der Waals surface area contributed by atoms with Gasteiger partial charge in [-0.3, -0.25) is 0 Å². The topological polar surface area (TPSA) is 46.6 Å². The number of imidazole rings is 1. The molecule has 18 heavy (non-hydrogen) atoms. The van der Waals surface area contributed by atoms with E-state index >= 15 is 0 Å². The third-order valence-electron chi connectivity index (χ3n) is 3.90. The molecule has 1 aliphatic rings. The van der Waals surface area contributed by atoms with Crippen molar-refractivity contribution < 1.29 is 0 Å². The molecule has 3 rings (SSSR count). The number of aromatic nitrogens is 2. The number of nitrogen functional groups attached to an aromatic ring is 1. The molecule has 1 atom stereocenters. The summed E-state index contributed by atoms with van der Waals surface area (Å²) in [5.41, 5.74) is 8.79. The Morgan fingerprint density at radius 2 is 2.39 bits per heavy atom. The van der Waals surface area contributed by atoms with Crippen molar-refractivity contribution >= 4 is 11.3 Å². The molecule has 4 nitrogen and oxygen atoms in total. The average molecular weight is 244 g/mol. The summed E-state index contributed by atoms with van der Waals surface area (Å²) >= 11 is 0. The molecule has 1 fully saturated rings. The highest BCUT2D eigenvalue weighted by Gasteiger charge is 2.22. The van der Waals surface area contributed by atoms with Crippen molar-refractivity contribution in [2.75, 3.05) is 25.4 Å². The quantitative estimate of drug-likeness (QED) is 0.880. The summed E-state index contributed by atoms with van der Waals surface area (Å²) in [6.45, 7) is 5.71. The Kier molecular flexibility index (Phi) is 2.96. The molecule has 0 aliphatic carbocycles. The minimum atomic E-state index is 0.554. The highest BCUT2D eigenvalue weighted by atomic mass is 15.1. The van der Waals surface area contributed by atoms with Crippen LogP contribution in [0.5, 0.6) is 0 Å². The minimum Gasteiger partial charge on any atom is -0.396 e. The van der Waals surface area contributed by atoms with Crippen LogP contribution in [0.15, 0.2) is 24.5 Å². The molecule has 0 amide bonds. The molecule has 0 saturated carbocycles. The van der Waals surface area contributed by atoms with E-state index in [4.69, 9.17) is 10.7 Å². The summed E-state index contributed by atoms with van der Waals surface area (Å²) in [6.07, 6.45) is 6.65. The van der Waals surface area contributed by atoms with E-state index in [0.717, 1.165) is 24.4 Å². The lowest BCUT2D eigenvalue weighted by molar-refractivity contribution is 0.216. The number of nitrogens with two attached hydrogens (primary N) is 1. The van der Waals surface area contributed by atoms with Crippen LogP contribution in [-0.4, -0.2) is 33.9 Å². The smallest absolute Gasteiger partial charge is 0.160 e. The van der Waals surface area contributed by atoms with Gasteiger partial charge in [-0.15, -0.1) is 0 Å². The molecule has 96 valence electrons. The Morgan fingerprint density at radius 1 is 1.50 bits per heavy atom. The first-order valence-corrected chi connectivity index (χ1v) is 6.73. The van der Waals surface area contributed by atoms with Crippen molar-refractivity contribution in [2.45, 2.75) is 25.7 Å². The molecule has 1 unspecified atom stereocenters. The maximum absolute atomic E-state index is 5.96. The number of hydrogen-bond acceptors (Lipinski definition) is 3. The van der Waals surface area contributed by atoms with Crippen molar-refractivity contribution in [3.8, 4) is 0 Å². The van der Waals surface area contributed by atoms with Crippen molar-refractivity contribution in [3.63, 3.8) is 0 Å². The number of hydrogen-bond donors (Lipinski definition) is 1. The van der Waals surface area contributed by atoms with E-state index in [1.165, 1.54) is 25.1 Å². The predicted octanol–water partition coefficient (Wildman–Crippen LogP) is 2.12. The molecule has 1 saturated heterocycles. The van der Waals surface area contributed by atoms with Crippen LogP contribution in [0.4, 0.5) is 5.69 Å². The fourth-order valence-corrected chi connectivity index (χ4v) is 2.83. The number of nitrogens with zero attached hydrogens (tertiary/aromatic N) is 3. The zero-order valence-corrected chi connectivity index (χ0v) is 10.8. The summed E-state index contributed by atoms with van der Waals surface area (Å²) in [5.74, 6) is 0.554. The molecule has 2 aromatic rings. The maximum atomic E-state index is 5.96. The van der Waals surface area contributed by atoms with Gasteiger partial charge in [0.2, 0.25) is 0 Å². The number of likely N-dealkylation sites (N-methyl/N-ethyl adjacent to an activating group) is 1. The fraction of sp³-hybridized carbons (Fsp3) is 0.500. The van der Waals surface area contributed by atoms with Crippen LogP contribution in [0.2, 0.25) is 0 Å². The molecule has 0 bridgehead atoms. The first kappa shape index (κ1) is 11.5. The number of anilines is 1. The number of piperidine rings is 1. The largest absolute Gasteiger partial charge is 0.396 e. The van der Waals surface area contributed by atoms with Gasteiger partial charge in [0.1, 0.15) is 0 Å². The Morgan fingerprint density at radius 3 is 3.17 bits per heavy atom. The van der Waals surface area contributed by atoms with Crippen LogP contribution in [0.1, 0.15) is 31.4 Å². The molecular weight excluding hydrogens is 224 g/mol. The monoisotopic (exact) mass is 244 g/mol. The number of pyridine rings is 1. The molecule has 0 aromatic carbocycles. The molecule has 0 spiro atoms. The van der Waals surface area contributed by atoms with Gasteiger partial charge in [0.25, 0.3) is 0 Å². The van der Waals surface area contributed by atoms with E-state index in [2.05, 4.69) is 18.0 Å². The summed E-state index contributed by atoms with van der Waals surface area (Å²) in [5, 5.41) is 0. The summed E-state index contributed by atoms with van der Waals surface area (Å²) in [4.78, 5) is 7.22. The Hall–Kier alpha value is -1.55. The summed E-state index contributed by atoms with van der Waals surface area (Å²) in [7, 11) is 0. The molecular formula is C14H20N4. The molecule has 0 radical (unpaired) electrons. The van der Waals surface area contributed by atoms with Gasteiger partial charge in [-0.1, -0.05) is 6.92 Å². The lowest BCUT2D eigenvalue weighted by Crippen LogP contribution is -2.34. The third-order valence-corrected chi connectivity index (χ3v) is 3.90. The number of likely N-dealkylation sites (tertiary alicyclic amines) is 1. The Balaban J connectivity index is 1.92. The second-order valence-electron chi connectivity index (χ2n) is 5.09. The molecule has 1 aliphatic heterocycles. The van der Waals surface area contributed by atoms with E-state index in [0.29, 0.717) is 5.92 Å². The minimum absolute atomic E-state index is 0.554. The van der Waals surface area contributed by atoms with Gasteiger partial charge in [0, 0.05) is 24.9 Å². The van der Waals surface area contributed by atoms with Crippen LogP contribution >= 0.6 is 0 Å². The number of fused-ring (bicyclic) bond motifs is 1. The SMILES string of the molecule is CCN1CCCC(c2cn3cccc(N)c3n2)C1. The maximum Gasteiger partial charge on any atom is 0.160 e. The normalized spacial score (nSPS) is 21.5. The predicted molar refractivity (Wildman–Crippen MR) is 73.7 cm³/mol. The standard InChI is InChI=1S/C14H20N4/c1-2-17-7-3-5-11(9-17)13-10-18-8-4-6-12(15)14(18)16-13/h4,6,8,10-11H,2-3,5,7,9,15H2,1H3. The zero-order chi connectivity index (χ0) is 12.5. The second kappa shape index (κ2) is 4.61. The van der Waals surface area contributed by atoms with Crippen molar-refractivity contribution in [2.24, 2.45) is 0 Å². The van der Waals surface area contributed by atoms with Gasteiger partial charge in [0.15, 0.2) is 5.65 Å². The van der Waals surface area contributed by atoms with Gasteiger partial charge in [-0.05, 0) is 38.1 Å². The van der Waals surface area contributed by atoms with E-state index < -0.39 is 0 Å². The lowest BCUT2D eigenvalue weighted by atomic mass is 9.95. The molecule has 2 aromatic heterocycles. The summed E-state index contributed by atoms with van der Waals surface area (Å²) in [6, 6.07) is 3.87. The van der Waals surface area contributed by atoms with Crippen LogP contribution < -0.4 is 5.73 Å². The van der Waals surface area contributed by atoms with E-state index in [1.807, 2.05) is 22.7 Å². The van der Waals surface area contributed by atoms with E-state index in [-0.39, 0.29) is 0 Å². The molecule has 4 heteroatoms. The third kappa shape index (κ3) is 1.97. The van der Waals surface area contributed by atoms with Crippen molar-refractivity contribution in [3.05, 3.63) is 30.2 Å². The first-order chi connectivity index (χ1) is 8.78. The first-order valence-electron chi connectivity index (χ1n) is 6.73.